The van der Waals surface area contributed by atoms with Gasteiger partial charge in [0.25, 0.3) is 0 Å². The molecule has 2 fully saturated rings. The Hall–Kier alpha value is 0.270. The summed E-state index contributed by atoms with van der Waals surface area (Å²) in [6.45, 7) is 3.76. The molecule has 2 aliphatic rings. The molecule has 2 saturated heterocycles. The molecule has 2 nitrogen and oxygen atoms in total. The molecular weight excluding hydrogens is 168 g/mol. The van der Waals surface area contributed by atoms with Crippen molar-refractivity contribution in [1.29, 1.82) is 0 Å². The van der Waals surface area contributed by atoms with Gasteiger partial charge in [0.15, 0.2) is 0 Å². The summed E-state index contributed by atoms with van der Waals surface area (Å²) in [6, 6.07) is 0. The molecule has 2 heterocycles. The van der Waals surface area contributed by atoms with E-state index in [-0.39, 0.29) is 0 Å². The van der Waals surface area contributed by atoms with Crippen LogP contribution in [0, 0.1) is 0 Å². The highest BCUT2D eigenvalue weighted by molar-refractivity contribution is 8.00. The van der Waals surface area contributed by atoms with Crippen LogP contribution in [-0.2, 0) is 0 Å². The minimum absolute atomic E-state index is 0.463. The first-order chi connectivity index (χ1) is 5.81. The largest absolute Gasteiger partial charge is 0.306 e. The molecule has 0 radical (unpaired) electrons. The SMILES string of the molecule is CN1CCCC2(CC1)NCCS2. The number of hydrogen-bond acceptors (Lipinski definition) is 3. The van der Waals surface area contributed by atoms with Crippen LogP contribution in [0.5, 0.6) is 0 Å². The second-order valence-electron chi connectivity index (χ2n) is 3.93. The highest BCUT2D eigenvalue weighted by atomic mass is 32.2. The summed E-state index contributed by atoms with van der Waals surface area (Å²) < 4.78 is 0. The van der Waals surface area contributed by atoms with Gasteiger partial charge in [0.05, 0.1) is 4.87 Å². The van der Waals surface area contributed by atoms with E-state index in [2.05, 4.69) is 29.0 Å². The highest BCUT2D eigenvalue weighted by Gasteiger charge is 2.34. The Balaban J connectivity index is 1.97. The zero-order valence-corrected chi connectivity index (χ0v) is 8.62. The van der Waals surface area contributed by atoms with Crippen molar-refractivity contribution in [2.24, 2.45) is 0 Å². The summed E-state index contributed by atoms with van der Waals surface area (Å²) >= 11 is 2.14. The van der Waals surface area contributed by atoms with Gasteiger partial charge in [0, 0.05) is 18.8 Å². The Morgan fingerprint density at radius 2 is 2.25 bits per heavy atom. The lowest BCUT2D eigenvalue weighted by molar-refractivity contribution is 0.341. The van der Waals surface area contributed by atoms with Gasteiger partial charge in [-0.1, -0.05) is 0 Å². The van der Waals surface area contributed by atoms with Crippen molar-refractivity contribution in [1.82, 2.24) is 10.2 Å². The summed E-state index contributed by atoms with van der Waals surface area (Å²) in [5.41, 5.74) is 0. The number of rotatable bonds is 0. The van der Waals surface area contributed by atoms with E-state index in [0.717, 1.165) is 0 Å². The highest BCUT2D eigenvalue weighted by Crippen LogP contribution is 2.36. The molecule has 1 unspecified atom stereocenters. The third-order valence-corrected chi connectivity index (χ3v) is 4.46. The minimum Gasteiger partial charge on any atom is -0.306 e. The van der Waals surface area contributed by atoms with Crippen molar-refractivity contribution in [3.05, 3.63) is 0 Å². The molecule has 0 saturated carbocycles. The van der Waals surface area contributed by atoms with E-state index in [0.29, 0.717) is 4.87 Å². The standard InChI is InChI=1S/C9H18N2S/c1-11-6-2-3-9(4-7-11)10-5-8-12-9/h10H,2-8H2,1H3. The molecule has 1 atom stereocenters. The summed E-state index contributed by atoms with van der Waals surface area (Å²) in [4.78, 5) is 2.92. The lowest BCUT2D eigenvalue weighted by Crippen LogP contribution is -2.37. The maximum absolute atomic E-state index is 3.67. The molecule has 0 aliphatic carbocycles. The molecule has 70 valence electrons. The number of hydrogen-bond donors (Lipinski definition) is 1. The monoisotopic (exact) mass is 186 g/mol. The Labute approximate surface area is 79.1 Å². The van der Waals surface area contributed by atoms with Gasteiger partial charge in [-0.3, -0.25) is 0 Å². The van der Waals surface area contributed by atoms with E-state index in [1.165, 1.54) is 44.6 Å². The molecule has 0 aromatic heterocycles. The smallest absolute Gasteiger partial charge is 0.0658 e. The molecule has 0 bridgehead atoms. The van der Waals surface area contributed by atoms with Gasteiger partial charge >= 0.3 is 0 Å². The lowest BCUT2D eigenvalue weighted by atomic mass is 10.1. The second-order valence-corrected chi connectivity index (χ2v) is 5.40. The van der Waals surface area contributed by atoms with Crippen molar-refractivity contribution >= 4 is 11.8 Å². The zero-order chi connectivity index (χ0) is 8.44. The summed E-state index contributed by atoms with van der Waals surface area (Å²) in [5, 5.41) is 3.67. The predicted molar refractivity (Wildman–Crippen MR) is 54.5 cm³/mol. The topological polar surface area (TPSA) is 15.3 Å². The van der Waals surface area contributed by atoms with Crippen molar-refractivity contribution in [3.63, 3.8) is 0 Å². The fourth-order valence-corrected chi connectivity index (χ4v) is 3.46. The molecule has 2 rings (SSSR count). The van der Waals surface area contributed by atoms with Gasteiger partial charge in [-0.2, -0.15) is 0 Å². The van der Waals surface area contributed by atoms with Crippen molar-refractivity contribution in [2.45, 2.75) is 24.1 Å². The van der Waals surface area contributed by atoms with Crippen LogP contribution in [0.4, 0.5) is 0 Å². The maximum Gasteiger partial charge on any atom is 0.0658 e. The molecule has 2 aliphatic heterocycles. The van der Waals surface area contributed by atoms with Crippen LogP contribution in [0.25, 0.3) is 0 Å². The molecule has 1 N–H and O–H groups in total. The van der Waals surface area contributed by atoms with E-state index in [4.69, 9.17) is 0 Å². The van der Waals surface area contributed by atoms with Gasteiger partial charge in [-0.25, -0.2) is 0 Å². The molecule has 1 spiro atoms. The average Bonchev–Trinajstić information content (AvgIpc) is 2.42. The lowest BCUT2D eigenvalue weighted by Gasteiger charge is -2.26. The van der Waals surface area contributed by atoms with Crippen molar-refractivity contribution < 1.29 is 0 Å². The van der Waals surface area contributed by atoms with Crippen LogP contribution >= 0.6 is 11.8 Å². The normalized spacial score (nSPS) is 38.8. The fourth-order valence-electron chi connectivity index (χ4n) is 2.14. The van der Waals surface area contributed by atoms with Gasteiger partial charge in [-0.05, 0) is 32.9 Å². The molecule has 0 amide bonds. The van der Waals surface area contributed by atoms with E-state index in [1.807, 2.05) is 0 Å². The van der Waals surface area contributed by atoms with Crippen LogP contribution in [0.15, 0.2) is 0 Å². The third-order valence-electron chi connectivity index (χ3n) is 2.95. The molecule has 0 aromatic rings. The number of likely N-dealkylation sites (tertiary alicyclic amines) is 1. The van der Waals surface area contributed by atoms with Crippen LogP contribution < -0.4 is 5.32 Å². The second kappa shape index (κ2) is 3.56. The van der Waals surface area contributed by atoms with Gasteiger partial charge in [0.1, 0.15) is 0 Å². The van der Waals surface area contributed by atoms with E-state index >= 15 is 0 Å². The quantitative estimate of drug-likeness (QED) is 0.610. The van der Waals surface area contributed by atoms with Crippen LogP contribution in [-0.4, -0.2) is 42.2 Å². The van der Waals surface area contributed by atoms with Crippen LogP contribution in [0.3, 0.4) is 0 Å². The molecule has 0 aromatic carbocycles. The molecular formula is C9H18N2S. The van der Waals surface area contributed by atoms with Crippen LogP contribution in [0.1, 0.15) is 19.3 Å². The Bertz CT molecular complexity index is 155. The average molecular weight is 186 g/mol. The first kappa shape index (κ1) is 8.85. The van der Waals surface area contributed by atoms with Gasteiger partial charge < -0.3 is 10.2 Å². The van der Waals surface area contributed by atoms with E-state index in [9.17, 15) is 0 Å². The Kier molecular flexibility index (Phi) is 2.63. The Morgan fingerprint density at radius 1 is 1.33 bits per heavy atom. The first-order valence-corrected chi connectivity index (χ1v) is 5.87. The molecule has 12 heavy (non-hydrogen) atoms. The third kappa shape index (κ3) is 1.78. The molecule has 3 heteroatoms. The number of nitrogens with one attached hydrogen (secondary N) is 1. The van der Waals surface area contributed by atoms with E-state index in [1.54, 1.807) is 0 Å². The predicted octanol–water partition coefficient (Wildman–Crippen LogP) is 1.13. The van der Waals surface area contributed by atoms with Gasteiger partial charge in [0.2, 0.25) is 0 Å². The summed E-state index contributed by atoms with van der Waals surface area (Å²) in [7, 11) is 2.23. The van der Waals surface area contributed by atoms with Crippen molar-refractivity contribution in [3.8, 4) is 0 Å². The first-order valence-electron chi connectivity index (χ1n) is 4.88. The van der Waals surface area contributed by atoms with Crippen molar-refractivity contribution in [2.75, 3.05) is 32.4 Å². The van der Waals surface area contributed by atoms with Gasteiger partial charge in [-0.15, -0.1) is 11.8 Å². The fraction of sp³-hybridized carbons (Fsp3) is 1.00. The number of nitrogens with zero attached hydrogens (tertiary/aromatic N) is 1. The van der Waals surface area contributed by atoms with Crippen LogP contribution in [0.2, 0.25) is 0 Å². The minimum atomic E-state index is 0.463. The zero-order valence-electron chi connectivity index (χ0n) is 7.81. The summed E-state index contributed by atoms with van der Waals surface area (Å²) in [5.74, 6) is 1.31. The summed E-state index contributed by atoms with van der Waals surface area (Å²) in [6.07, 6.45) is 4.05. The maximum atomic E-state index is 3.67. The number of thioether (sulfide) groups is 1. The Morgan fingerprint density at radius 3 is 3.00 bits per heavy atom. The van der Waals surface area contributed by atoms with E-state index < -0.39 is 0 Å².